The van der Waals surface area contributed by atoms with Crippen molar-refractivity contribution < 1.29 is 14.3 Å². The van der Waals surface area contributed by atoms with Crippen molar-refractivity contribution in [2.45, 2.75) is 46.1 Å². The van der Waals surface area contributed by atoms with Crippen LogP contribution in [0.3, 0.4) is 0 Å². The highest BCUT2D eigenvalue weighted by Crippen LogP contribution is 2.47. The van der Waals surface area contributed by atoms with Gasteiger partial charge in [-0.25, -0.2) is 0 Å². The van der Waals surface area contributed by atoms with Gasteiger partial charge in [0.2, 0.25) is 11.8 Å². The van der Waals surface area contributed by atoms with Gasteiger partial charge in [0.25, 0.3) is 0 Å². The molecule has 1 aliphatic carbocycles. The maximum absolute atomic E-state index is 12.5. The van der Waals surface area contributed by atoms with Crippen molar-refractivity contribution in [3.05, 3.63) is 24.3 Å². The molecule has 1 aromatic carbocycles. The monoisotopic (exact) mass is 304 g/mol. The first kappa shape index (κ1) is 16.3. The number of benzene rings is 1. The molecule has 0 aromatic heterocycles. The summed E-state index contributed by atoms with van der Waals surface area (Å²) in [7, 11) is 0. The predicted molar refractivity (Wildman–Crippen MR) is 85.8 cm³/mol. The molecule has 0 saturated heterocycles. The molecule has 5 heteroatoms. The molecule has 0 radical (unpaired) electrons. The Morgan fingerprint density at radius 1 is 1.23 bits per heavy atom. The lowest BCUT2D eigenvalue weighted by Gasteiger charge is -2.18. The van der Waals surface area contributed by atoms with Crippen molar-refractivity contribution in [1.82, 2.24) is 5.32 Å². The second-order valence-corrected chi connectivity index (χ2v) is 5.95. The molecule has 1 aromatic rings. The van der Waals surface area contributed by atoms with Crippen LogP contribution < -0.4 is 15.4 Å². The van der Waals surface area contributed by atoms with Crippen LogP contribution in [0.1, 0.15) is 40.0 Å². The quantitative estimate of drug-likeness (QED) is 0.761. The smallest absolute Gasteiger partial charge is 0.240 e. The Morgan fingerprint density at radius 3 is 2.50 bits per heavy atom. The molecular weight excluding hydrogens is 280 g/mol. The molecule has 2 N–H and O–H groups in total. The molecular formula is C17H24N2O3. The molecule has 1 aliphatic rings. The summed E-state index contributed by atoms with van der Waals surface area (Å²) in [5.74, 6) is 0.200. The minimum absolute atomic E-state index is 0.0146. The molecule has 0 atom stereocenters. The number of ether oxygens (including phenoxy) is 1. The molecule has 0 unspecified atom stereocenters. The number of para-hydroxylation sites is 2. The molecule has 0 aliphatic heterocycles. The molecule has 22 heavy (non-hydrogen) atoms. The Labute approximate surface area is 131 Å². The molecule has 0 spiro atoms. The maximum Gasteiger partial charge on any atom is 0.240 e. The number of hydrogen-bond donors (Lipinski definition) is 2. The van der Waals surface area contributed by atoms with E-state index in [9.17, 15) is 9.59 Å². The van der Waals surface area contributed by atoms with Gasteiger partial charge in [-0.2, -0.15) is 0 Å². The van der Waals surface area contributed by atoms with Crippen LogP contribution in [0.15, 0.2) is 24.3 Å². The van der Waals surface area contributed by atoms with Crippen molar-refractivity contribution in [3.63, 3.8) is 0 Å². The molecule has 120 valence electrons. The number of nitrogens with one attached hydrogen (secondary N) is 2. The lowest BCUT2D eigenvalue weighted by molar-refractivity contribution is -0.134. The van der Waals surface area contributed by atoms with Crippen molar-refractivity contribution in [2.75, 3.05) is 11.9 Å². The Kier molecular flexibility index (Phi) is 5.06. The van der Waals surface area contributed by atoms with Crippen LogP contribution in [0.4, 0.5) is 5.69 Å². The van der Waals surface area contributed by atoms with Crippen molar-refractivity contribution in [2.24, 2.45) is 5.41 Å². The third kappa shape index (κ3) is 3.59. The van der Waals surface area contributed by atoms with Gasteiger partial charge in [-0.05, 0) is 45.2 Å². The van der Waals surface area contributed by atoms with E-state index in [2.05, 4.69) is 10.6 Å². The van der Waals surface area contributed by atoms with E-state index in [1.54, 1.807) is 6.07 Å². The average molecular weight is 304 g/mol. The Hall–Kier alpha value is -2.04. The lowest BCUT2D eigenvalue weighted by Crippen LogP contribution is -2.40. The van der Waals surface area contributed by atoms with Crippen molar-refractivity contribution >= 4 is 17.5 Å². The van der Waals surface area contributed by atoms with E-state index in [1.807, 2.05) is 39.0 Å². The van der Waals surface area contributed by atoms with Gasteiger partial charge >= 0.3 is 0 Å². The summed E-state index contributed by atoms with van der Waals surface area (Å²) in [5.41, 5.74) is -0.295. The van der Waals surface area contributed by atoms with E-state index in [1.165, 1.54) is 0 Å². The average Bonchev–Trinajstić information content (AvgIpc) is 3.28. The summed E-state index contributed by atoms with van der Waals surface area (Å²) in [6, 6.07) is 7.29. The largest absolute Gasteiger partial charge is 0.489 e. The molecule has 5 nitrogen and oxygen atoms in total. The van der Waals surface area contributed by atoms with Gasteiger partial charge in [0.05, 0.1) is 11.8 Å². The zero-order chi connectivity index (χ0) is 16.2. The normalized spacial score (nSPS) is 15.3. The molecule has 2 rings (SSSR count). The minimum atomic E-state index is -0.903. The van der Waals surface area contributed by atoms with Crippen LogP contribution in [-0.2, 0) is 9.59 Å². The number of amides is 2. The van der Waals surface area contributed by atoms with Crippen molar-refractivity contribution in [3.8, 4) is 5.75 Å². The topological polar surface area (TPSA) is 67.4 Å². The summed E-state index contributed by atoms with van der Waals surface area (Å²) in [6.07, 6.45) is 2.07. The first-order valence-corrected chi connectivity index (χ1v) is 7.85. The standard InChI is InChI=1S/C17H24N2O3/c1-4-11-18-15(20)17(9-10-17)16(21)19-13-7-5-6-8-14(13)22-12(2)3/h5-8,12H,4,9-11H2,1-3H3,(H,18,20)(H,19,21). The summed E-state index contributed by atoms with van der Waals surface area (Å²) >= 11 is 0. The maximum atomic E-state index is 12.5. The first-order chi connectivity index (χ1) is 10.5. The van der Waals surface area contributed by atoms with E-state index >= 15 is 0 Å². The Morgan fingerprint density at radius 2 is 1.91 bits per heavy atom. The fourth-order valence-corrected chi connectivity index (χ4v) is 2.26. The van der Waals surface area contributed by atoms with Crippen LogP contribution in [0.5, 0.6) is 5.75 Å². The van der Waals surface area contributed by atoms with Gasteiger partial charge in [-0.3, -0.25) is 9.59 Å². The third-order valence-corrected chi connectivity index (χ3v) is 3.65. The number of carbonyl (C=O) groups excluding carboxylic acids is 2. The van der Waals surface area contributed by atoms with Crippen LogP contribution in [0, 0.1) is 5.41 Å². The van der Waals surface area contributed by atoms with Gasteiger partial charge in [-0.1, -0.05) is 19.1 Å². The van der Waals surface area contributed by atoms with Gasteiger partial charge in [-0.15, -0.1) is 0 Å². The Balaban J connectivity index is 2.08. The number of rotatable bonds is 7. The minimum Gasteiger partial charge on any atom is -0.489 e. The number of carbonyl (C=O) groups is 2. The molecule has 1 fully saturated rings. The summed E-state index contributed by atoms with van der Waals surface area (Å²) in [6.45, 7) is 6.44. The fourth-order valence-electron chi connectivity index (χ4n) is 2.26. The van der Waals surface area contributed by atoms with Gasteiger partial charge in [0.1, 0.15) is 11.2 Å². The van der Waals surface area contributed by atoms with E-state index < -0.39 is 5.41 Å². The summed E-state index contributed by atoms with van der Waals surface area (Å²) in [4.78, 5) is 24.7. The number of hydrogen-bond acceptors (Lipinski definition) is 3. The fraction of sp³-hybridized carbons (Fsp3) is 0.529. The van der Waals surface area contributed by atoms with E-state index in [-0.39, 0.29) is 17.9 Å². The van der Waals surface area contributed by atoms with E-state index in [0.717, 1.165) is 6.42 Å². The molecule has 2 amide bonds. The van der Waals surface area contributed by atoms with E-state index in [4.69, 9.17) is 4.74 Å². The van der Waals surface area contributed by atoms with E-state index in [0.29, 0.717) is 30.8 Å². The highest BCUT2D eigenvalue weighted by atomic mass is 16.5. The lowest BCUT2D eigenvalue weighted by atomic mass is 10.0. The second kappa shape index (κ2) is 6.81. The molecule has 1 saturated carbocycles. The van der Waals surface area contributed by atoms with Gasteiger partial charge in [0.15, 0.2) is 0 Å². The predicted octanol–water partition coefficient (Wildman–Crippen LogP) is 2.72. The zero-order valence-corrected chi connectivity index (χ0v) is 13.4. The van der Waals surface area contributed by atoms with Crippen LogP contribution in [0.25, 0.3) is 0 Å². The van der Waals surface area contributed by atoms with Crippen molar-refractivity contribution in [1.29, 1.82) is 0 Å². The zero-order valence-electron chi connectivity index (χ0n) is 13.4. The van der Waals surface area contributed by atoms with Crippen LogP contribution in [-0.4, -0.2) is 24.5 Å². The summed E-state index contributed by atoms with van der Waals surface area (Å²) < 4.78 is 5.69. The second-order valence-electron chi connectivity index (χ2n) is 5.95. The van der Waals surface area contributed by atoms with Crippen LogP contribution in [0.2, 0.25) is 0 Å². The van der Waals surface area contributed by atoms with Gasteiger partial charge < -0.3 is 15.4 Å². The molecule has 0 heterocycles. The third-order valence-electron chi connectivity index (χ3n) is 3.65. The number of anilines is 1. The van der Waals surface area contributed by atoms with Gasteiger partial charge in [0, 0.05) is 6.54 Å². The highest BCUT2D eigenvalue weighted by Gasteiger charge is 2.56. The summed E-state index contributed by atoms with van der Waals surface area (Å²) in [5, 5.41) is 5.67. The SMILES string of the molecule is CCCNC(=O)C1(C(=O)Nc2ccccc2OC(C)C)CC1. The molecule has 0 bridgehead atoms. The van der Waals surface area contributed by atoms with Crippen LogP contribution >= 0.6 is 0 Å². The first-order valence-electron chi connectivity index (χ1n) is 7.85. The Bertz CT molecular complexity index is 551. The highest BCUT2D eigenvalue weighted by molar-refractivity contribution is 6.13.